The Morgan fingerprint density at radius 2 is 2.44 bits per heavy atom. The summed E-state index contributed by atoms with van der Waals surface area (Å²) >= 11 is 0. The zero-order chi connectivity index (χ0) is 11.5. The molecule has 1 unspecified atom stereocenters. The average molecular weight is 222 g/mol. The van der Waals surface area contributed by atoms with Gasteiger partial charge in [0, 0.05) is 26.3 Å². The average Bonchev–Trinajstić information content (AvgIpc) is 2.64. The molecule has 5 nitrogen and oxygen atoms in total. The number of aromatic nitrogens is 2. The van der Waals surface area contributed by atoms with Crippen molar-refractivity contribution in [1.29, 1.82) is 0 Å². The minimum atomic E-state index is -0.0143. The molecular formula is C11H18N4O. The number of anilines is 1. The van der Waals surface area contributed by atoms with Crippen LogP contribution in [0.2, 0.25) is 0 Å². The van der Waals surface area contributed by atoms with Crippen molar-refractivity contribution in [3.05, 3.63) is 12.4 Å². The molecule has 2 heterocycles. The Kier molecular flexibility index (Phi) is 3.12. The third-order valence-electron chi connectivity index (χ3n) is 2.90. The van der Waals surface area contributed by atoms with Crippen LogP contribution in [0.25, 0.3) is 0 Å². The summed E-state index contributed by atoms with van der Waals surface area (Å²) in [7, 11) is 1.83. The minimum Gasteiger partial charge on any atom is -0.324 e. The smallest absolute Gasteiger partial charge is 0.321 e. The van der Waals surface area contributed by atoms with Gasteiger partial charge in [-0.1, -0.05) is 6.92 Å². The van der Waals surface area contributed by atoms with Gasteiger partial charge in [-0.15, -0.1) is 0 Å². The Bertz CT molecular complexity index is 374. The lowest BCUT2D eigenvalue weighted by molar-refractivity contribution is 0.182. The van der Waals surface area contributed by atoms with E-state index in [0.717, 1.165) is 25.2 Å². The number of rotatable bonds is 1. The van der Waals surface area contributed by atoms with Gasteiger partial charge in [-0.05, 0) is 18.8 Å². The second-order valence-electron chi connectivity index (χ2n) is 4.53. The third-order valence-corrected chi connectivity index (χ3v) is 2.90. The summed E-state index contributed by atoms with van der Waals surface area (Å²) < 4.78 is 1.68. The Morgan fingerprint density at radius 1 is 1.62 bits per heavy atom. The van der Waals surface area contributed by atoms with E-state index < -0.39 is 0 Å². The quantitative estimate of drug-likeness (QED) is 0.786. The molecule has 1 atom stereocenters. The Balaban J connectivity index is 1.92. The van der Waals surface area contributed by atoms with Crippen molar-refractivity contribution in [2.45, 2.75) is 19.8 Å². The SMILES string of the molecule is CC1CCCN(C(=O)Nc2cnn(C)c2)C1. The van der Waals surface area contributed by atoms with Crippen LogP contribution in [0.1, 0.15) is 19.8 Å². The van der Waals surface area contributed by atoms with E-state index in [4.69, 9.17) is 0 Å². The predicted molar refractivity (Wildman–Crippen MR) is 62.2 cm³/mol. The van der Waals surface area contributed by atoms with Crippen LogP contribution in [-0.2, 0) is 7.05 Å². The van der Waals surface area contributed by atoms with Crippen molar-refractivity contribution in [2.75, 3.05) is 18.4 Å². The molecule has 1 aliphatic rings. The number of nitrogens with zero attached hydrogens (tertiary/aromatic N) is 3. The van der Waals surface area contributed by atoms with Gasteiger partial charge in [-0.3, -0.25) is 4.68 Å². The highest BCUT2D eigenvalue weighted by Gasteiger charge is 2.20. The zero-order valence-corrected chi connectivity index (χ0v) is 9.81. The van der Waals surface area contributed by atoms with Gasteiger partial charge in [-0.25, -0.2) is 4.79 Å². The maximum atomic E-state index is 11.9. The highest BCUT2D eigenvalue weighted by Crippen LogP contribution is 2.16. The number of likely N-dealkylation sites (tertiary alicyclic amines) is 1. The van der Waals surface area contributed by atoms with E-state index in [9.17, 15) is 4.79 Å². The summed E-state index contributed by atoms with van der Waals surface area (Å²) in [4.78, 5) is 13.8. The summed E-state index contributed by atoms with van der Waals surface area (Å²) in [6.07, 6.45) is 5.77. The molecule has 5 heteroatoms. The topological polar surface area (TPSA) is 50.2 Å². The van der Waals surface area contributed by atoms with Crippen LogP contribution in [0.15, 0.2) is 12.4 Å². The van der Waals surface area contributed by atoms with Gasteiger partial charge in [0.1, 0.15) is 0 Å². The van der Waals surface area contributed by atoms with E-state index in [1.807, 2.05) is 11.9 Å². The summed E-state index contributed by atoms with van der Waals surface area (Å²) in [6.45, 7) is 3.89. The van der Waals surface area contributed by atoms with Crippen LogP contribution in [0, 0.1) is 5.92 Å². The van der Waals surface area contributed by atoms with Gasteiger partial charge in [0.05, 0.1) is 11.9 Å². The molecule has 1 N–H and O–H groups in total. The largest absolute Gasteiger partial charge is 0.324 e. The first-order valence-corrected chi connectivity index (χ1v) is 5.69. The maximum absolute atomic E-state index is 11.9. The summed E-state index contributed by atoms with van der Waals surface area (Å²) in [6, 6.07) is -0.0143. The molecule has 88 valence electrons. The molecule has 1 aliphatic heterocycles. The van der Waals surface area contributed by atoms with E-state index >= 15 is 0 Å². The number of amides is 2. The van der Waals surface area contributed by atoms with E-state index in [2.05, 4.69) is 17.3 Å². The fraction of sp³-hybridized carbons (Fsp3) is 0.636. The minimum absolute atomic E-state index is 0.0143. The van der Waals surface area contributed by atoms with Gasteiger partial charge in [-0.2, -0.15) is 5.10 Å². The standard InChI is InChI=1S/C11H18N4O/c1-9-4-3-5-15(7-9)11(16)13-10-6-12-14(2)8-10/h6,8-9H,3-5,7H2,1-2H3,(H,13,16). The van der Waals surface area contributed by atoms with Gasteiger partial charge < -0.3 is 10.2 Å². The summed E-state index contributed by atoms with van der Waals surface area (Å²) in [5.41, 5.74) is 0.755. The molecule has 2 rings (SSSR count). The van der Waals surface area contributed by atoms with E-state index in [1.54, 1.807) is 17.1 Å². The number of hydrogen-bond donors (Lipinski definition) is 1. The lowest BCUT2D eigenvalue weighted by Crippen LogP contribution is -2.41. The van der Waals surface area contributed by atoms with E-state index in [0.29, 0.717) is 5.92 Å². The van der Waals surface area contributed by atoms with Crippen molar-refractivity contribution in [2.24, 2.45) is 13.0 Å². The van der Waals surface area contributed by atoms with Crippen molar-refractivity contribution in [3.8, 4) is 0 Å². The lowest BCUT2D eigenvalue weighted by atomic mass is 10.0. The van der Waals surface area contributed by atoms with Crippen LogP contribution in [0.4, 0.5) is 10.5 Å². The highest BCUT2D eigenvalue weighted by molar-refractivity contribution is 5.89. The number of aryl methyl sites for hydroxylation is 1. The first-order valence-electron chi connectivity index (χ1n) is 5.69. The van der Waals surface area contributed by atoms with E-state index in [1.165, 1.54) is 6.42 Å². The first kappa shape index (κ1) is 11.0. The van der Waals surface area contributed by atoms with Gasteiger partial charge in [0.25, 0.3) is 0 Å². The van der Waals surface area contributed by atoms with Crippen molar-refractivity contribution >= 4 is 11.7 Å². The molecule has 0 radical (unpaired) electrons. The van der Waals surface area contributed by atoms with Crippen molar-refractivity contribution < 1.29 is 4.79 Å². The number of carbonyl (C=O) groups excluding carboxylic acids is 1. The van der Waals surface area contributed by atoms with Crippen molar-refractivity contribution in [1.82, 2.24) is 14.7 Å². The number of nitrogens with one attached hydrogen (secondary N) is 1. The molecule has 0 saturated carbocycles. The van der Waals surface area contributed by atoms with Gasteiger partial charge >= 0.3 is 6.03 Å². The number of carbonyl (C=O) groups is 1. The lowest BCUT2D eigenvalue weighted by Gasteiger charge is -2.30. The summed E-state index contributed by atoms with van der Waals surface area (Å²) in [5.74, 6) is 0.605. The van der Waals surface area contributed by atoms with Crippen LogP contribution in [0.5, 0.6) is 0 Å². The molecular weight excluding hydrogens is 204 g/mol. The van der Waals surface area contributed by atoms with Gasteiger partial charge in [0.2, 0.25) is 0 Å². The number of urea groups is 1. The molecule has 1 saturated heterocycles. The Hall–Kier alpha value is -1.52. The molecule has 0 aliphatic carbocycles. The molecule has 1 aromatic rings. The zero-order valence-electron chi connectivity index (χ0n) is 9.81. The molecule has 2 amide bonds. The van der Waals surface area contributed by atoms with Crippen LogP contribution in [0.3, 0.4) is 0 Å². The van der Waals surface area contributed by atoms with Crippen LogP contribution >= 0.6 is 0 Å². The van der Waals surface area contributed by atoms with Crippen molar-refractivity contribution in [3.63, 3.8) is 0 Å². The Morgan fingerprint density at radius 3 is 3.06 bits per heavy atom. The second kappa shape index (κ2) is 4.55. The number of piperidine rings is 1. The summed E-state index contributed by atoms with van der Waals surface area (Å²) in [5, 5.41) is 6.87. The van der Waals surface area contributed by atoms with E-state index in [-0.39, 0.29) is 6.03 Å². The normalized spacial score (nSPS) is 20.9. The molecule has 0 bridgehead atoms. The molecule has 1 fully saturated rings. The third kappa shape index (κ3) is 2.53. The predicted octanol–water partition coefficient (Wildman–Crippen LogP) is 1.68. The molecule has 0 aromatic carbocycles. The van der Waals surface area contributed by atoms with Gasteiger partial charge in [0.15, 0.2) is 0 Å². The molecule has 16 heavy (non-hydrogen) atoms. The van der Waals surface area contributed by atoms with Crippen LogP contribution < -0.4 is 5.32 Å². The maximum Gasteiger partial charge on any atom is 0.321 e. The number of hydrogen-bond acceptors (Lipinski definition) is 2. The molecule has 0 spiro atoms. The van der Waals surface area contributed by atoms with Crippen LogP contribution in [-0.4, -0.2) is 33.8 Å². The highest BCUT2D eigenvalue weighted by atomic mass is 16.2. The Labute approximate surface area is 95.4 Å². The fourth-order valence-corrected chi connectivity index (χ4v) is 2.06. The first-order chi connectivity index (χ1) is 7.65. The fourth-order valence-electron chi connectivity index (χ4n) is 2.06. The second-order valence-corrected chi connectivity index (χ2v) is 4.53. The monoisotopic (exact) mass is 222 g/mol. The molecule has 1 aromatic heterocycles.